The van der Waals surface area contributed by atoms with E-state index in [0.29, 0.717) is 11.7 Å². The number of carbonyl (C=O) groups excluding carboxylic acids is 1. The third-order valence-corrected chi connectivity index (χ3v) is 6.25. The maximum Gasteiger partial charge on any atom is 0.417 e. The average molecular weight is 405 g/mol. The molecule has 6 heteroatoms. The molecule has 0 unspecified atom stereocenters. The molecular formula is C24H28N4O2. The summed E-state index contributed by atoms with van der Waals surface area (Å²) < 4.78 is 5.45. The van der Waals surface area contributed by atoms with Gasteiger partial charge >= 0.3 is 6.09 Å². The van der Waals surface area contributed by atoms with Crippen LogP contribution in [-0.4, -0.2) is 29.2 Å². The largest absolute Gasteiger partial charge is 0.417 e. The molecule has 5 rings (SSSR count). The van der Waals surface area contributed by atoms with Gasteiger partial charge in [-0.15, -0.1) is 0 Å². The maximum atomic E-state index is 12.6. The first kappa shape index (κ1) is 19.0. The molecule has 1 aromatic heterocycles. The summed E-state index contributed by atoms with van der Waals surface area (Å²) in [6.07, 6.45) is 8.14. The third-order valence-electron chi connectivity index (χ3n) is 6.25. The van der Waals surface area contributed by atoms with Crippen molar-refractivity contribution in [3.05, 3.63) is 48.3 Å². The number of aromatic amines is 1. The van der Waals surface area contributed by atoms with Crippen molar-refractivity contribution >= 4 is 28.5 Å². The maximum absolute atomic E-state index is 12.6. The molecular weight excluding hydrogens is 376 g/mol. The smallest absolute Gasteiger partial charge is 0.410 e. The van der Waals surface area contributed by atoms with Crippen LogP contribution in [0.1, 0.15) is 56.7 Å². The van der Waals surface area contributed by atoms with E-state index >= 15 is 0 Å². The lowest BCUT2D eigenvalue weighted by atomic mass is 9.89. The molecule has 0 radical (unpaired) electrons. The molecule has 30 heavy (non-hydrogen) atoms. The van der Waals surface area contributed by atoms with E-state index in [2.05, 4.69) is 21.3 Å². The molecule has 2 aliphatic rings. The zero-order valence-corrected chi connectivity index (χ0v) is 17.2. The van der Waals surface area contributed by atoms with Crippen molar-refractivity contribution in [1.82, 2.24) is 9.97 Å². The standard InChI is InChI=1S/C24H28N4O2/c29-24(30-18-11-5-2-6-12-18)27-21-15-19-20(16-22(21)28-13-7-8-14-28)26-23(25-19)17-9-3-1-4-10-17/h2,5-6,11-12,15-17H,1,3-4,7-10,13-14H2,(H,25,26)(H,27,29). The Morgan fingerprint density at radius 1 is 1.03 bits per heavy atom. The van der Waals surface area contributed by atoms with Gasteiger partial charge in [0.15, 0.2) is 0 Å². The van der Waals surface area contributed by atoms with Crippen molar-refractivity contribution in [2.75, 3.05) is 23.3 Å². The van der Waals surface area contributed by atoms with Gasteiger partial charge in [0.1, 0.15) is 11.6 Å². The van der Waals surface area contributed by atoms with Crippen LogP contribution in [0.5, 0.6) is 5.75 Å². The summed E-state index contributed by atoms with van der Waals surface area (Å²) in [5.41, 5.74) is 3.73. The highest BCUT2D eigenvalue weighted by Crippen LogP contribution is 2.36. The zero-order chi connectivity index (χ0) is 20.3. The predicted octanol–water partition coefficient (Wildman–Crippen LogP) is 5.82. The van der Waals surface area contributed by atoms with E-state index in [9.17, 15) is 4.79 Å². The van der Waals surface area contributed by atoms with Crippen molar-refractivity contribution in [3.8, 4) is 5.75 Å². The predicted molar refractivity (Wildman–Crippen MR) is 119 cm³/mol. The normalized spacial score (nSPS) is 17.4. The molecule has 2 fully saturated rings. The zero-order valence-electron chi connectivity index (χ0n) is 17.2. The van der Waals surface area contributed by atoms with E-state index in [1.54, 1.807) is 12.1 Å². The average Bonchev–Trinajstić information content (AvgIpc) is 3.44. The second kappa shape index (κ2) is 8.38. The molecule has 1 aliphatic carbocycles. The van der Waals surface area contributed by atoms with Gasteiger partial charge in [0.25, 0.3) is 0 Å². The Bertz CT molecular complexity index is 1020. The Kier molecular flexibility index (Phi) is 5.30. The lowest BCUT2D eigenvalue weighted by Crippen LogP contribution is -2.22. The molecule has 1 aliphatic heterocycles. The van der Waals surface area contributed by atoms with E-state index in [0.717, 1.165) is 41.3 Å². The first-order chi connectivity index (χ1) is 14.8. The molecule has 2 aromatic carbocycles. The molecule has 6 nitrogen and oxygen atoms in total. The lowest BCUT2D eigenvalue weighted by Gasteiger charge is -2.21. The summed E-state index contributed by atoms with van der Waals surface area (Å²) in [6.45, 7) is 2.00. The Morgan fingerprint density at radius 2 is 1.80 bits per heavy atom. The van der Waals surface area contributed by atoms with Gasteiger partial charge in [-0.1, -0.05) is 37.5 Å². The second-order valence-electron chi connectivity index (χ2n) is 8.37. The number of imidazole rings is 1. The molecule has 1 amide bonds. The first-order valence-corrected chi connectivity index (χ1v) is 11.1. The van der Waals surface area contributed by atoms with Gasteiger partial charge in [0.2, 0.25) is 0 Å². The number of fused-ring (bicyclic) bond motifs is 1. The second-order valence-corrected chi connectivity index (χ2v) is 8.37. The van der Waals surface area contributed by atoms with Crippen LogP contribution in [0.15, 0.2) is 42.5 Å². The summed E-state index contributed by atoms with van der Waals surface area (Å²) in [6, 6.07) is 13.3. The number of H-pyrrole nitrogens is 1. The fraction of sp³-hybridized carbons (Fsp3) is 0.417. The van der Waals surface area contributed by atoms with E-state index in [-0.39, 0.29) is 0 Å². The number of amides is 1. The van der Waals surface area contributed by atoms with Crippen molar-refractivity contribution in [3.63, 3.8) is 0 Å². The number of hydrogen-bond donors (Lipinski definition) is 2. The van der Waals surface area contributed by atoms with Gasteiger partial charge in [-0.25, -0.2) is 9.78 Å². The summed E-state index contributed by atoms with van der Waals surface area (Å²) in [7, 11) is 0. The molecule has 2 N–H and O–H groups in total. The number of benzene rings is 2. The SMILES string of the molecule is O=C(Nc1cc2nc(C3CCCCC3)[nH]c2cc1N1CCCC1)Oc1ccccc1. The van der Waals surface area contributed by atoms with Crippen LogP contribution in [0.25, 0.3) is 11.0 Å². The van der Waals surface area contributed by atoms with Gasteiger partial charge in [-0.05, 0) is 49.9 Å². The summed E-state index contributed by atoms with van der Waals surface area (Å²) in [5.74, 6) is 2.13. The minimum Gasteiger partial charge on any atom is -0.410 e. The van der Waals surface area contributed by atoms with E-state index in [1.807, 2.05) is 24.3 Å². The highest BCUT2D eigenvalue weighted by atomic mass is 16.6. The fourth-order valence-electron chi connectivity index (χ4n) is 4.69. The summed E-state index contributed by atoms with van der Waals surface area (Å²) in [5, 5.41) is 2.96. The Morgan fingerprint density at radius 3 is 2.57 bits per heavy atom. The number of anilines is 2. The molecule has 0 bridgehead atoms. The third kappa shape index (κ3) is 3.99. The number of nitrogens with one attached hydrogen (secondary N) is 2. The number of hydrogen-bond acceptors (Lipinski definition) is 4. The molecule has 2 heterocycles. The van der Waals surface area contributed by atoms with Crippen LogP contribution in [0, 0.1) is 0 Å². The Balaban J connectivity index is 1.45. The molecule has 156 valence electrons. The minimum atomic E-state index is -0.482. The first-order valence-electron chi connectivity index (χ1n) is 11.1. The van der Waals surface area contributed by atoms with Crippen LogP contribution in [0.3, 0.4) is 0 Å². The van der Waals surface area contributed by atoms with Crippen LogP contribution >= 0.6 is 0 Å². The van der Waals surface area contributed by atoms with E-state index in [1.165, 1.54) is 44.9 Å². The van der Waals surface area contributed by atoms with Gasteiger partial charge < -0.3 is 14.6 Å². The van der Waals surface area contributed by atoms with Crippen LogP contribution in [-0.2, 0) is 0 Å². The lowest BCUT2D eigenvalue weighted by molar-refractivity contribution is 0.215. The molecule has 1 saturated carbocycles. The van der Waals surface area contributed by atoms with Crippen LogP contribution < -0.4 is 15.0 Å². The molecule has 0 spiro atoms. The highest BCUT2D eigenvalue weighted by Gasteiger charge is 2.22. The van der Waals surface area contributed by atoms with Gasteiger partial charge in [0.05, 0.1) is 22.4 Å². The van der Waals surface area contributed by atoms with E-state index < -0.39 is 6.09 Å². The fourth-order valence-corrected chi connectivity index (χ4v) is 4.69. The molecule has 3 aromatic rings. The van der Waals surface area contributed by atoms with Crippen molar-refractivity contribution in [2.24, 2.45) is 0 Å². The van der Waals surface area contributed by atoms with Crippen molar-refractivity contribution in [1.29, 1.82) is 0 Å². The number of carbonyl (C=O) groups is 1. The quantitative estimate of drug-likeness (QED) is 0.575. The van der Waals surface area contributed by atoms with Crippen LogP contribution in [0.2, 0.25) is 0 Å². The van der Waals surface area contributed by atoms with Gasteiger partial charge in [-0.3, -0.25) is 5.32 Å². The number of ether oxygens (including phenoxy) is 1. The van der Waals surface area contributed by atoms with Crippen molar-refractivity contribution in [2.45, 2.75) is 50.9 Å². The number of rotatable bonds is 4. The van der Waals surface area contributed by atoms with E-state index in [4.69, 9.17) is 9.72 Å². The van der Waals surface area contributed by atoms with Crippen molar-refractivity contribution < 1.29 is 9.53 Å². The van der Waals surface area contributed by atoms with Gasteiger partial charge in [0, 0.05) is 19.0 Å². The summed E-state index contributed by atoms with van der Waals surface area (Å²) >= 11 is 0. The summed E-state index contributed by atoms with van der Waals surface area (Å²) in [4.78, 5) is 23.3. The number of aromatic nitrogens is 2. The minimum absolute atomic E-state index is 0.482. The topological polar surface area (TPSA) is 70.2 Å². The Hall–Kier alpha value is -3.02. The monoisotopic (exact) mass is 404 g/mol. The van der Waals surface area contributed by atoms with Crippen LogP contribution in [0.4, 0.5) is 16.2 Å². The Labute approximate surface area is 176 Å². The number of para-hydroxylation sites is 1. The molecule has 0 atom stereocenters. The van der Waals surface area contributed by atoms with Gasteiger partial charge in [-0.2, -0.15) is 0 Å². The molecule has 1 saturated heterocycles. The number of nitrogens with zero attached hydrogens (tertiary/aromatic N) is 2. The highest BCUT2D eigenvalue weighted by molar-refractivity contribution is 5.96.